The van der Waals surface area contributed by atoms with Crippen molar-refractivity contribution in [3.63, 3.8) is 0 Å². The van der Waals surface area contributed by atoms with Crippen molar-refractivity contribution in [2.24, 2.45) is 0 Å². The summed E-state index contributed by atoms with van der Waals surface area (Å²) in [6.45, 7) is 0.485. The lowest BCUT2D eigenvalue weighted by Gasteiger charge is -2.01. The normalized spacial score (nSPS) is 10.9. The van der Waals surface area contributed by atoms with Gasteiger partial charge < -0.3 is 5.32 Å². The Kier molecular flexibility index (Phi) is 3.12. The van der Waals surface area contributed by atoms with Gasteiger partial charge in [0.1, 0.15) is 0 Å². The van der Waals surface area contributed by atoms with Crippen LogP contribution in [0.15, 0.2) is 35.3 Å². The third-order valence-corrected chi connectivity index (χ3v) is 4.17. The Morgan fingerprint density at radius 3 is 3.11 bits per heavy atom. The molecule has 0 aromatic carbocycles. The molecule has 0 aliphatic heterocycles. The molecule has 0 radical (unpaired) electrons. The molecule has 4 nitrogen and oxygen atoms in total. The summed E-state index contributed by atoms with van der Waals surface area (Å²) in [6, 6.07) is 3.92. The average Bonchev–Trinajstić information content (AvgIpc) is 3.01. The molecule has 3 rings (SSSR count). The van der Waals surface area contributed by atoms with E-state index in [1.807, 2.05) is 39.7 Å². The molecule has 0 saturated carbocycles. The van der Waals surface area contributed by atoms with Crippen molar-refractivity contribution < 1.29 is 4.79 Å². The number of imidazole rings is 1. The van der Waals surface area contributed by atoms with E-state index in [4.69, 9.17) is 0 Å². The Morgan fingerprint density at radius 1 is 1.39 bits per heavy atom. The van der Waals surface area contributed by atoms with Crippen molar-refractivity contribution in [3.05, 3.63) is 45.9 Å². The summed E-state index contributed by atoms with van der Waals surface area (Å²) in [5, 5.41) is 6.85. The average molecular weight is 277 g/mol. The van der Waals surface area contributed by atoms with Crippen molar-refractivity contribution >= 4 is 33.5 Å². The smallest absolute Gasteiger partial charge is 0.225 e. The topological polar surface area (TPSA) is 46.4 Å². The lowest BCUT2D eigenvalue weighted by molar-refractivity contribution is -0.120. The third kappa shape index (κ3) is 2.44. The van der Waals surface area contributed by atoms with Crippen LogP contribution in [0.2, 0.25) is 0 Å². The molecule has 92 valence electrons. The summed E-state index contributed by atoms with van der Waals surface area (Å²) in [4.78, 5) is 18.1. The van der Waals surface area contributed by atoms with E-state index in [9.17, 15) is 4.79 Å². The van der Waals surface area contributed by atoms with Crippen LogP contribution >= 0.6 is 22.7 Å². The maximum Gasteiger partial charge on any atom is 0.225 e. The number of nitrogens with one attached hydrogen (secondary N) is 1. The maximum absolute atomic E-state index is 11.7. The number of thiophene rings is 1. The van der Waals surface area contributed by atoms with Gasteiger partial charge in [-0.15, -0.1) is 22.7 Å². The van der Waals surface area contributed by atoms with Gasteiger partial charge in [-0.3, -0.25) is 9.20 Å². The SMILES string of the molecule is O=C(Cc1cccs1)NCc1cn2ccsc2n1. The van der Waals surface area contributed by atoms with Gasteiger partial charge in [0.2, 0.25) is 5.91 Å². The van der Waals surface area contributed by atoms with Crippen LogP contribution in [0.1, 0.15) is 10.6 Å². The number of thiazole rings is 1. The van der Waals surface area contributed by atoms with Gasteiger partial charge in [-0.1, -0.05) is 6.07 Å². The predicted molar refractivity (Wildman–Crippen MR) is 72.9 cm³/mol. The van der Waals surface area contributed by atoms with Gasteiger partial charge in [-0.25, -0.2) is 4.98 Å². The molecule has 18 heavy (non-hydrogen) atoms. The summed E-state index contributed by atoms with van der Waals surface area (Å²) in [5.74, 6) is 0.0359. The Hall–Kier alpha value is -1.66. The number of carbonyl (C=O) groups excluding carboxylic acids is 1. The van der Waals surface area contributed by atoms with Gasteiger partial charge in [-0.05, 0) is 11.4 Å². The fraction of sp³-hybridized carbons (Fsp3) is 0.167. The van der Waals surface area contributed by atoms with Crippen LogP contribution in [-0.2, 0) is 17.8 Å². The number of nitrogens with zero attached hydrogens (tertiary/aromatic N) is 2. The van der Waals surface area contributed by atoms with Crippen molar-refractivity contribution in [1.82, 2.24) is 14.7 Å². The molecule has 0 unspecified atom stereocenters. The Labute approximate surface area is 112 Å². The van der Waals surface area contributed by atoms with E-state index in [0.717, 1.165) is 15.5 Å². The van der Waals surface area contributed by atoms with Crippen LogP contribution in [-0.4, -0.2) is 15.3 Å². The van der Waals surface area contributed by atoms with E-state index in [0.29, 0.717) is 13.0 Å². The lowest BCUT2D eigenvalue weighted by atomic mass is 10.3. The molecular formula is C12H11N3OS2. The van der Waals surface area contributed by atoms with Crippen LogP contribution in [0, 0.1) is 0 Å². The summed E-state index contributed by atoms with van der Waals surface area (Å²) in [7, 11) is 0. The minimum Gasteiger partial charge on any atom is -0.350 e. The van der Waals surface area contributed by atoms with Gasteiger partial charge in [0.25, 0.3) is 0 Å². The molecular weight excluding hydrogens is 266 g/mol. The minimum absolute atomic E-state index is 0.0359. The zero-order valence-corrected chi connectivity index (χ0v) is 11.1. The number of fused-ring (bicyclic) bond motifs is 1. The first kappa shape index (κ1) is 11.4. The van der Waals surface area contributed by atoms with Gasteiger partial charge in [0, 0.05) is 22.7 Å². The molecule has 3 aromatic heterocycles. The van der Waals surface area contributed by atoms with E-state index < -0.39 is 0 Å². The van der Waals surface area contributed by atoms with Crippen LogP contribution in [0.4, 0.5) is 0 Å². The van der Waals surface area contributed by atoms with E-state index >= 15 is 0 Å². The maximum atomic E-state index is 11.7. The quantitative estimate of drug-likeness (QED) is 0.795. The standard InChI is InChI=1S/C12H11N3OS2/c16-11(6-10-2-1-4-17-10)13-7-9-8-15-3-5-18-12(15)14-9/h1-5,8H,6-7H2,(H,13,16). The van der Waals surface area contributed by atoms with Gasteiger partial charge in [0.05, 0.1) is 18.7 Å². The molecule has 0 aliphatic carbocycles. The molecule has 0 spiro atoms. The van der Waals surface area contributed by atoms with Crippen molar-refractivity contribution in [2.45, 2.75) is 13.0 Å². The molecule has 1 N–H and O–H groups in total. The first-order chi connectivity index (χ1) is 8.81. The highest BCUT2D eigenvalue weighted by Crippen LogP contribution is 2.11. The summed E-state index contributed by atoms with van der Waals surface area (Å²) in [5.41, 5.74) is 0.890. The number of hydrogen-bond acceptors (Lipinski definition) is 4. The number of rotatable bonds is 4. The summed E-state index contributed by atoms with van der Waals surface area (Å²) < 4.78 is 1.96. The Bertz CT molecular complexity index is 625. The molecule has 3 heterocycles. The largest absolute Gasteiger partial charge is 0.350 e. The minimum atomic E-state index is 0.0359. The molecule has 1 amide bonds. The second kappa shape index (κ2) is 4.91. The van der Waals surface area contributed by atoms with E-state index in [2.05, 4.69) is 10.3 Å². The first-order valence-corrected chi connectivity index (χ1v) is 7.27. The molecule has 3 aromatic rings. The number of aromatic nitrogens is 2. The van der Waals surface area contributed by atoms with Crippen LogP contribution in [0.3, 0.4) is 0 Å². The number of carbonyl (C=O) groups is 1. The highest BCUT2D eigenvalue weighted by molar-refractivity contribution is 7.15. The van der Waals surface area contributed by atoms with E-state index in [1.54, 1.807) is 22.7 Å². The van der Waals surface area contributed by atoms with E-state index in [1.165, 1.54) is 0 Å². The predicted octanol–water partition coefficient (Wildman–Crippen LogP) is 2.32. The van der Waals surface area contributed by atoms with Gasteiger partial charge in [0.15, 0.2) is 4.96 Å². The fourth-order valence-electron chi connectivity index (χ4n) is 1.68. The number of amides is 1. The molecule has 0 saturated heterocycles. The Morgan fingerprint density at radius 2 is 2.33 bits per heavy atom. The first-order valence-electron chi connectivity index (χ1n) is 5.51. The molecule has 6 heteroatoms. The van der Waals surface area contributed by atoms with Crippen LogP contribution in [0.5, 0.6) is 0 Å². The highest BCUT2D eigenvalue weighted by atomic mass is 32.1. The van der Waals surface area contributed by atoms with Gasteiger partial charge in [-0.2, -0.15) is 0 Å². The van der Waals surface area contributed by atoms with Crippen LogP contribution < -0.4 is 5.32 Å². The summed E-state index contributed by atoms with van der Waals surface area (Å²) in [6.07, 6.45) is 4.35. The molecule has 0 aliphatic rings. The van der Waals surface area contributed by atoms with Crippen molar-refractivity contribution in [2.75, 3.05) is 0 Å². The fourth-order valence-corrected chi connectivity index (χ4v) is 3.11. The second-order valence-corrected chi connectivity index (χ2v) is 5.76. The van der Waals surface area contributed by atoms with Crippen LogP contribution in [0.25, 0.3) is 4.96 Å². The molecule has 0 bridgehead atoms. The number of hydrogen-bond donors (Lipinski definition) is 1. The zero-order chi connectivity index (χ0) is 12.4. The zero-order valence-electron chi connectivity index (χ0n) is 9.50. The molecule has 0 atom stereocenters. The van der Waals surface area contributed by atoms with Gasteiger partial charge >= 0.3 is 0 Å². The summed E-state index contributed by atoms with van der Waals surface area (Å²) >= 11 is 3.19. The van der Waals surface area contributed by atoms with Crippen molar-refractivity contribution in [3.8, 4) is 0 Å². The second-order valence-electron chi connectivity index (χ2n) is 3.86. The highest BCUT2D eigenvalue weighted by Gasteiger charge is 2.06. The Balaban J connectivity index is 1.57. The molecule has 0 fully saturated rings. The van der Waals surface area contributed by atoms with Crippen molar-refractivity contribution in [1.29, 1.82) is 0 Å². The third-order valence-electron chi connectivity index (χ3n) is 2.52. The monoisotopic (exact) mass is 277 g/mol. The van der Waals surface area contributed by atoms with E-state index in [-0.39, 0.29) is 5.91 Å². The lowest BCUT2D eigenvalue weighted by Crippen LogP contribution is -2.24.